The van der Waals surface area contributed by atoms with Crippen molar-refractivity contribution in [2.45, 2.75) is 25.7 Å². The van der Waals surface area contributed by atoms with Crippen molar-refractivity contribution < 1.29 is 4.92 Å². The summed E-state index contributed by atoms with van der Waals surface area (Å²) < 4.78 is 0. The summed E-state index contributed by atoms with van der Waals surface area (Å²) in [6.07, 6.45) is 6.33. The Balaban J connectivity index is 1.33. The third-order valence-corrected chi connectivity index (χ3v) is 7.02. The Morgan fingerprint density at radius 3 is 2.08 bits per heavy atom. The number of aromatic nitrogens is 3. The van der Waals surface area contributed by atoms with Crippen LogP contribution in [0, 0.1) is 10.1 Å². The first-order valence-corrected chi connectivity index (χ1v) is 13.4. The van der Waals surface area contributed by atoms with Gasteiger partial charge in [-0.3, -0.25) is 10.1 Å². The van der Waals surface area contributed by atoms with Crippen LogP contribution < -0.4 is 15.6 Å². The van der Waals surface area contributed by atoms with Crippen LogP contribution in [0.3, 0.4) is 0 Å². The summed E-state index contributed by atoms with van der Waals surface area (Å²) in [5.74, 6) is 1.20. The predicted molar refractivity (Wildman–Crippen MR) is 160 cm³/mol. The van der Waals surface area contributed by atoms with Crippen molar-refractivity contribution in [3.63, 3.8) is 0 Å². The maximum absolute atomic E-state index is 11.0. The fourth-order valence-electron chi connectivity index (χ4n) is 5.02. The highest BCUT2D eigenvalue weighted by Gasteiger charge is 2.16. The molecule has 0 unspecified atom stereocenters. The van der Waals surface area contributed by atoms with E-state index in [0.717, 1.165) is 53.0 Å². The Morgan fingerprint density at radius 1 is 0.800 bits per heavy atom. The maximum atomic E-state index is 11.0. The third kappa shape index (κ3) is 5.51. The molecule has 2 N–H and O–H groups in total. The molecule has 0 bridgehead atoms. The monoisotopic (exact) mass is 532 g/mol. The van der Waals surface area contributed by atoms with E-state index in [1.807, 2.05) is 30.5 Å². The predicted octanol–water partition coefficient (Wildman–Crippen LogP) is 6.66. The lowest BCUT2D eigenvalue weighted by Crippen LogP contribution is -2.26. The van der Waals surface area contributed by atoms with Gasteiger partial charge in [-0.05, 0) is 52.6 Å². The molecule has 0 atom stereocenters. The van der Waals surface area contributed by atoms with E-state index in [1.165, 1.54) is 25.0 Å². The number of non-ortho nitro benzene ring substituents is 1. The fraction of sp³-hybridized carbons (Fsp3) is 0.200. The van der Waals surface area contributed by atoms with Crippen molar-refractivity contribution in [1.29, 1.82) is 0 Å². The Kier molecular flexibility index (Phi) is 7.12. The van der Waals surface area contributed by atoms with Gasteiger partial charge in [-0.2, -0.15) is 20.1 Å². The van der Waals surface area contributed by atoms with Gasteiger partial charge in [-0.15, -0.1) is 0 Å². The molecule has 10 heteroatoms. The van der Waals surface area contributed by atoms with Gasteiger partial charge in [0, 0.05) is 36.5 Å². The van der Waals surface area contributed by atoms with E-state index in [4.69, 9.17) is 0 Å². The molecular weight excluding hydrogens is 504 g/mol. The molecule has 1 aromatic heterocycles. The average Bonchev–Trinajstić information content (AvgIpc) is 3.27. The average molecular weight is 533 g/mol. The lowest BCUT2D eigenvalue weighted by Gasteiger charge is -2.21. The number of hydrogen-bond donors (Lipinski definition) is 2. The molecule has 6 rings (SSSR count). The number of rotatable bonds is 7. The van der Waals surface area contributed by atoms with Gasteiger partial charge in [0.15, 0.2) is 0 Å². The zero-order valence-corrected chi connectivity index (χ0v) is 21.8. The molecular formula is C30H28N8O2. The number of nitrogens with zero attached hydrogens (tertiary/aromatic N) is 6. The van der Waals surface area contributed by atoms with Crippen LogP contribution in [0.25, 0.3) is 21.5 Å². The first kappa shape index (κ1) is 25.2. The number of hydrogen-bond acceptors (Lipinski definition) is 9. The lowest BCUT2D eigenvalue weighted by atomic mass is 9.97. The van der Waals surface area contributed by atoms with Crippen LogP contribution in [0.2, 0.25) is 0 Å². The number of anilines is 4. The van der Waals surface area contributed by atoms with E-state index in [9.17, 15) is 10.1 Å². The maximum Gasteiger partial charge on any atom is 0.269 e. The molecule has 2 heterocycles. The molecule has 5 aromatic rings. The van der Waals surface area contributed by atoms with Crippen molar-refractivity contribution in [1.82, 2.24) is 15.0 Å². The topological polar surface area (TPSA) is 121 Å². The Hall–Kier alpha value is -5.12. The Labute approximate surface area is 230 Å². The standard InChI is InChI=1S/C30H28N8O2/c39-38(40)24-15-13-23(14-16-24)32-28-33-29(35-30(34-28)37-17-7-1-2-8-18-37)36-31-20-27-25-11-5-3-9-21(25)19-22-10-4-6-12-26(22)27/h3-6,9-16,19-20H,1-2,7-8,17-18H2,(H2,32,33,34,35,36)/b31-20+. The van der Waals surface area contributed by atoms with Gasteiger partial charge in [-0.1, -0.05) is 61.4 Å². The number of benzene rings is 4. The molecule has 1 aliphatic rings. The second-order valence-corrected chi connectivity index (χ2v) is 9.72. The molecule has 200 valence electrons. The largest absolute Gasteiger partial charge is 0.341 e. The van der Waals surface area contributed by atoms with Gasteiger partial charge < -0.3 is 10.2 Å². The lowest BCUT2D eigenvalue weighted by molar-refractivity contribution is -0.384. The van der Waals surface area contributed by atoms with E-state index in [1.54, 1.807) is 12.1 Å². The Bertz CT molecular complexity index is 1640. The van der Waals surface area contributed by atoms with Gasteiger partial charge >= 0.3 is 0 Å². The van der Waals surface area contributed by atoms with E-state index in [-0.39, 0.29) is 5.69 Å². The van der Waals surface area contributed by atoms with Gasteiger partial charge in [0.05, 0.1) is 11.1 Å². The normalized spacial score (nSPS) is 13.9. The first-order valence-electron chi connectivity index (χ1n) is 13.4. The van der Waals surface area contributed by atoms with Crippen LogP contribution in [0.1, 0.15) is 31.2 Å². The number of nitrogens with one attached hydrogen (secondary N) is 2. The van der Waals surface area contributed by atoms with Crippen LogP contribution in [-0.2, 0) is 0 Å². The molecule has 1 aliphatic heterocycles. The zero-order valence-electron chi connectivity index (χ0n) is 21.8. The number of hydrazone groups is 1. The van der Waals surface area contributed by atoms with Crippen molar-refractivity contribution in [3.8, 4) is 0 Å². The summed E-state index contributed by atoms with van der Waals surface area (Å²) in [6, 6.07) is 24.8. The summed E-state index contributed by atoms with van der Waals surface area (Å²) >= 11 is 0. The molecule has 4 aromatic carbocycles. The van der Waals surface area contributed by atoms with Crippen molar-refractivity contribution in [3.05, 3.63) is 94.5 Å². The van der Waals surface area contributed by atoms with Crippen molar-refractivity contribution in [2.24, 2.45) is 5.10 Å². The van der Waals surface area contributed by atoms with E-state index >= 15 is 0 Å². The van der Waals surface area contributed by atoms with Crippen LogP contribution in [0.5, 0.6) is 0 Å². The SMILES string of the molecule is O=[N+]([O-])c1ccc(Nc2nc(N/N=C/c3c4ccccc4cc4ccccc34)nc(N3CCCCCC3)n2)cc1. The van der Waals surface area contributed by atoms with Gasteiger partial charge in [0.1, 0.15) is 0 Å². The molecule has 1 saturated heterocycles. The highest BCUT2D eigenvalue weighted by atomic mass is 16.6. The zero-order chi connectivity index (χ0) is 27.3. The third-order valence-electron chi connectivity index (χ3n) is 7.02. The minimum Gasteiger partial charge on any atom is -0.341 e. The summed E-state index contributed by atoms with van der Waals surface area (Å²) in [5.41, 5.74) is 4.68. The van der Waals surface area contributed by atoms with Crippen LogP contribution >= 0.6 is 0 Å². The highest BCUT2D eigenvalue weighted by molar-refractivity contribution is 6.13. The molecule has 0 saturated carbocycles. The summed E-state index contributed by atoms with van der Waals surface area (Å²) in [6.45, 7) is 1.73. The second-order valence-electron chi connectivity index (χ2n) is 9.72. The first-order chi connectivity index (χ1) is 19.6. The number of fused-ring (bicyclic) bond motifs is 2. The summed E-state index contributed by atoms with van der Waals surface area (Å²) in [7, 11) is 0. The molecule has 0 spiro atoms. The summed E-state index contributed by atoms with van der Waals surface area (Å²) in [4.78, 5) is 26.7. The molecule has 0 radical (unpaired) electrons. The highest BCUT2D eigenvalue weighted by Crippen LogP contribution is 2.27. The van der Waals surface area contributed by atoms with E-state index in [0.29, 0.717) is 23.5 Å². The van der Waals surface area contributed by atoms with Crippen LogP contribution in [-0.4, -0.2) is 39.2 Å². The molecule has 40 heavy (non-hydrogen) atoms. The van der Waals surface area contributed by atoms with E-state index < -0.39 is 4.92 Å². The molecule has 0 amide bonds. The summed E-state index contributed by atoms with van der Waals surface area (Å²) in [5, 5.41) is 23.2. The van der Waals surface area contributed by atoms with Crippen molar-refractivity contribution in [2.75, 3.05) is 28.7 Å². The number of nitro groups is 1. The van der Waals surface area contributed by atoms with Gasteiger partial charge in [-0.25, -0.2) is 5.43 Å². The Morgan fingerprint density at radius 2 is 1.43 bits per heavy atom. The van der Waals surface area contributed by atoms with Crippen molar-refractivity contribution >= 4 is 57.0 Å². The van der Waals surface area contributed by atoms with Crippen LogP contribution in [0.15, 0.2) is 84.0 Å². The second kappa shape index (κ2) is 11.3. The molecule has 10 nitrogen and oxygen atoms in total. The van der Waals surface area contributed by atoms with E-state index in [2.05, 4.69) is 66.0 Å². The molecule has 0 aliphatic carbocycles. The molecule has 1 fully saturated rings. The van der Waals surface area contributed by atoms with Gasteiger partial charge in [0.25, 0.3) is 5.69 Å². The minimum absolute atomic E-state index is 0.0177. The smallest absolute Gasteiger partial charge is 0.269 e. The number of nitro benzene ring substituents is 1. The fourth-order valence-corrected chi connectivity index (χ4v) is 5.02. The quantitative estimate of drug-likeness (QED) is 0.103. The van der Waals surface area contributed by atoms with Crippen LogP contribution in [0.4, 0.5) is 29.2 Å². The minimum atomic E-state index is -0.427. The van der Waals surface area contributed by atoms with Gasteiger partial charge in [0.2, 0.25) is 17.8 Å².